The summed E-state index contributed by atoms with van der Waals surface area (Å²) >= 11 is 6.23. The Hall–Kier alpha value is -3.45. The van der Waals surface area contributed by atoms with E-state index in [1.54, 1.807) is 0 Å². The lowest BCUT2D eigenvalue weighted by molar-refractivity contribution is -0.156. The third-order valence-corrected chi connectivity index (χ3v) is 7.69. The van der Waals surface area contributed by atoms with Gasteiger partial charge in [0.15, 0.2) is 11.4 Å². The molecule has 3 aliphatic rings. The van der Waals surface area contributed by atoms with Crippen LogP contribution >= 0.6 is 11.6 Å². The third-order valence-electron chi connectivity index (χ3n) is 7.41. The summed E-state index contributed by atoms with van der Waals surface area (Å²) < 4.78 is 1.82. The maximum absolute atomic E-state index is 12.4. The highest BCUT2D eigenvalue weighted by Crippen LogP contribution is 2.58. The molecule has 7 nitrogen and oxygen atoms in total. The standard InChI is InChI=1S/C27H25ClN2O5/c1-2-3-8-20-29-25(28)19(13-31)30(20)12-14-9-10-17-18(11-14)22-16-7-5-4-6-15(16)21(17)23(26(32)33)24(22)27(34)35/h4-7,9-11,13,21-24H,2-3,8,12H2,1H3,(H,32,33)(H,34,35)/t21-,22-,23?,24-/m1/s1. The molecule has 1 aromatic heterocycles. The summed E-state index contributed by atoms with van der Waals surface area (Å²) in [5.74, 6) is -4.68. The number of nitrogens with zero attached hydrogens (tertiary/aromatic N) is 2. The number of rotatable bonds is 8. The minimum atomic E-state index is -1.11. The first kappa shape index (κ1) is 23.3. The Morgan fingerprint density at radius 1 is 1.00 bits per heavy atom. The number of aromatic nitrogens is 2. The number of benzene rings is 2. The highest BCUT2D eigenvalue weighted by atomic mass is 35.5. The van der Waals surface area contributed by atoms with Crippen molar-refractivity contribution in [2.75, 3.05) is 0 Å². The molecule has 8 heteroatoms. The van der Waals surface area contributed by atoms with E-state index in [0.29, 0.717) is 24.9 Å². The molecule has 0 saturated carbocycles. The van der Waals surface area contributed by atoms with Gasteiger partial charge in [0.05, 0.1) is 11.8 Å². The molecule has 2 bridgehead atoms. The van der Waals surface area contributed by atoms with E-state index >= 15 is 0 Å². The van der Waals surface area contributed by atoms with Gasteiger partial charge in [-0.15, -0.1) is 0 Å². The summed E-state index contributed by atoms with van der Waals surface area (Å²) in [5, 5.41) is 20.3. The first-order chi connectivity index (χ1) is 16.9. The van der Waals surface area contributed by atoms with Crippen LogP contribution in [0.5, 0.6) is 0 Å². The average Bonchev–Trinajstić information content (AvgIpc) is 3.15. The second-order valence-electron chi connectivity index (χ2n) is 9.29. The number of carboxylic acid groups (broad SMARTS) is 2. The number of aliphatic carboxylic acids is 2. The largest absolute Gasteiger partial charge is 0.481 e. The van der Waals surface area contributed by atoms with Crippen molar-refractivity contribution in [1.29, 1.82) is 0 Å². The molecule has 0 radical (unpaired) electrons. The minimum Gasteiger partial charge on any atom is -0.481 e. The normalized spacial score (nSPS) is 21.9. The highest BCUT2D eigenvalue weighted by Gasteiger charge is 2.55. The SMILES string of the molecule is CCCCc1nc(Cl)c(C=O)n1Cc1ccc2c(c1)[C@H]1c3ccccc3[C@H]2C(C(=O)O)[C@@H]1C(=O)O. The van der Waals surface area contributed by atoms with E-state index in [0.717, 1.165) is 46.5 Å². The number of imidazole rings is 1. The van der Waals surface area contributed by atoms with Gasteiger partial charge in [-0.1, -0.05) is 67.4 Å². The van der Waals surface area contributed by atoms with Gasteiger partial charge in [-0.25, -0.2) is 4.98 Å². The second-order valence-corrected chi connectivity index (χ2v) is 9.65. The van der Waals surface area contributed by atoms with Crippen LogP contribution in [-0.4, -0.2) is 38.0 Å². The fraction of sp³-hybridized carbons (Fsp3) is 0.333. The zero-order chi connectivity index (χ0) is 24.9. The Morgan fingerprint density at radius 3 is 2.17 bits per heavy atom. The van der Waals surface area contributed by atoms with Crippen molar-refractivity contribution in [2.24, 2.45) is 11.8 Å². The molecule has 3 aliphatic carbocycles. The third kappa shape index (κ3) is 3.65. The highest BCUT2D eigenvalue weighted by molar-refractivity contribution is 6.31. The summed E-state index contributed by atoms with van der Waals surface area (Å²) in [5.41, 5.74) is 4.64. The molecule has 0 fully saturated rings. The first-order valence-electron chi connectivity index (χ1n) is 11.7. The second kappa shape index (κ2) is 8.96. The van der Waals surface area contributed by atoms with Gasteiger partial charge in [-0.3, -0.25) is 14.4 Å². The predicted octanol–water partition coefficient (Wildman–Crippen LogP) is 4.73. The molecular weight excluding hydrogens is 468 g/mol. The molecule has 2 aromatic carbocycles. The lowest BCUT2D eigenvalue weighted by Gasteiger charge is -2.47. The predicted molar refractivity (Wildman–Crippen MR) is 129 cm³/mol. The van der Waals surface area contributed by atoms with Crippen molar-refractivity contribution < 1.29 is 24.6 Å². The van der Waals surface area contributed by atoms with E-state index in [1.807, 2.05) is 47.0 Å². The molecule has 0 amide bonds. The van der Waals surface area contributed by atoms with Gasteiger partial charge >= 0.3 is 11.9 Å². The Balaban J connectivity index is 1.62. The lowest BCUT2D eigenvalue weighted by Crippen LogP contribution is -2.47. The number of unbranched alkanes of at least 4 members (excludes halogenated alkanes) is 1. The smallest absolute Gasteiger partial charge is 0.308 e. The van der Waals surface area contributed by atoms with Gasteiger partial charge in [0, 0.05) is 24.8 Å². The molecule has 0 aliphatic heterocycles. The summed E-state index contributed by atoms with van der Waals surface area (Å²) in [6.07, 6.45) is 3.28. The summed E-state index contributed by atoms with van der Waals surface area (Å²) in [6.45, 7) is 2.44. The number of aryl methyl sites for hydroxylation is 1. The zero-order valence-electron chi connectivity index (χ0n) is 19.1. The first-order valence-corrected chi connectivity index (χ1v) is 12.1. The van der Waals surface area contributed by atoms with Crippen LogP contribution in [0.3, 0.4) is 0 Å². The Labute approximate surface area is 207 Å². The monoisotopic (exact) mass is 492 g/mol. The zero-order valence-corrected chi connectivity index (χ0v) is 19.9. The molecule has 1 heterocycles. The average molecular weight is 493 g/mol. The van der Waals surface area contributed by atoms with E-state index in [-0.39, 0.29) is 5.15 Å². The molecule has 6 rings (SSSR count). The molecular formula is C27H25ClN2O5. The van der Waals surface area contributed by atoms with Crippen LogP contribution in [-0.2, 0) is 22.6 Å². The van der Waals surface area contributed by atoms with Gasteiger partial charge in [0.1, 0.15) is 11.5 Å². The van der Waals surface area contributed by atoms with Crippen LogP contribution in [0, 0.1) is 11.8 Å². The maximum Gasteiger partial charge on any atom is 0.308 e. The minimum absolute atomic E-state index is 0.173. The van der Waals surface area contributed by atoms with Crippen molar-refractivity contribution in [3.8, 4) is 0 Å². The number of fused-ring (bicyclic) bond motifs is 1. The molecule has 0 saturated heterocycles. The van der Waals surface area contributed by atoms with E-state index in [1.165, 1.54) is 0 Å². The van der Waals surface area contributed by atoms with E-state index < -0.39 is 35.6 Å². The van der Waals surface area contributed by atoms with Crippen LogP contribution in [0.2, 0.25) is 5.15 Å². The fourth-order valence-corrected chi connectivity index (χ4v) is 6.19. The van der Waals surface area contributed by atoms with Crippen molar-refractivity contribution >= 4 is 29.8 Å². The Bertz CT molecular complexity index is 1350. The Kier molecular flexibility index (Phi) is 5.97. The molecule has 3 aromatic rings. The molecule has 0 spiro atoms. The number of aldehydes is 1. The van der Waals surface area contributed by atoms with Gasteiger partial charge in [-0.2, -0.15) is 0 Å². The van der Waals surface area contributed by atoms with Crippen LogP contribution in [0.25, 0.3) is 0 Å². The summed E-state index contributed by atoms with van der Waals surface area (Å²) in [4.78, 5) is 40.8. The molecule has 2 N–H and O–H groups in total. The van der Waals surface area contributed by atoms with Crippen molar-refractivity contribution in [3.05, 3.63) is 87.0 Å². The maximum atomic E-state index is 12.4. The van der Waals surface area contributed by atoms with E-state index in [2.05, 4.69) is 11.9 Å². The van der Waals surface area contributed by atoms with Gasteiger partial charge in [-0.05, 0) is 34.2 Å². The number of carbonyl (C=O) groups excluding carboxylic acids is 1. The van der Waals surface area contributed by atoms with Crippen molar-refractivity contribution in [1.82, 2.24) is 9.55 Å². The van der Waals surface area contributed by atoms with Crippen LogP contribution < -0.4 is 0 Å². The van der Waals surface area contributed by atoms with Gasteiger partial charge in [0.25, 0.3) is 0 Å². The van der Waals surface area contributed by atoms with Crippen LogP contribution in [0.15, 0.2) is 42.5 Å². The lowest BCUT2D eigenvalue weighted by atomic mass is 9.54. The molecule has 4 atom stereocenters. The Morgan fingerprint density at radius 2 is 1.60 bits per heavy atom. The summed E-state index contributed by atoms with van der Waals surface area (Å²) in [7, 11) is 0. The van der Waals surface area contributed by atoms with E-state index in [4.69, 9.17) is 11.6 Å². The number of carbonyl (C=O) groups is 3. The van der Waals surface area contributed by atoms with E-state index in [9.17, 15) is 24.6 Å². The summed E-state index contributed by atoms with van der Waals surface area (Å²) in [6, 6.07) is 13.3. The molecule has 1 unspecified atom stereocenters. The van der Waals surface area contributed by atoms with Crippen LogP contribution in [0.4, 0.5) is 0 Å². The van der Waals surface area contributed by atoms with Crippen molar-refractivity contribution in [2.45, 2.75) is 44.6 Å². The number of halogens is 1. The van der Waals surface area contributed by atoms with Gasteiger partial charge < -0.3 is 14.8 Å². The van der Waals surface area contributed by atoms with Crippen LogP contribution in [0.1, 0.15) is 75.7 Å². The molecule has 35 heavy (non-hydrogen) atoms. The number of hydrogen-bond donors (Lipinski definition) is 2. The fourth-order valence-electron chi connectivity index (χ4n) is 5.95. The number of hydrogen-bond acceptors (Lipinski definition) is 4. The number of carboxylic acids is 2. The topological polar surface area (TPSA) is 109 Å². The molecule has 180 valence electrons. The van der Waals surface area contributed by atoms with Crippen molar-refractivity contribution in [3.63, 3.8) is 0 Å². The van der Waals surface area contributed by atoms with Gasteiger partial charge in [0.2, 0.25) is 0 Å². The quantitative estimate of drug-likeness (QED) is 0.440.